The highest BCUT2D eigenvalue weighted by Crippen LogP contribution is 2.32. The van der Waals surface area contributed by atoms with Gasteiger partial charge < -0.3 is 24.8 Å². The molecule has 5 rings (SSSR count). The van der Waals surface area contributed by atoms with Crippen molar-refractivity contribution in [1.82, 2.24) is 24.8 Å². The second-order valence-corrected chi connectivity index (χ2v) is 11.3. The number of para-hydroxylation sites is 1. The summed E-state index contributed by atoms with van der Waals surface area (Å²) in [6.07, 6.45) is 6.52. The highest BCUT2D eigenvalue weighted by molar-refractivity contribution is 6.33. The lowest BCUT2D eigenvalue weighted by Crippen LogP contribution is -2.43. The van der Waals surface area contributed by atoms with E-state index in [1.54, 1.807) is 6.20 Å². The first-order chi connectivity index (χ1) is 17.2. The Balaban J connectivity index is 1.14. The third kappa shape index (κ3) is 5.76. The van der Waals surface area contributed by atoms with Crippen LogP contribution in [0.15, 0.2) is 36.7 Å². The van der Waals surface area contributed by atoms with Crippen LogP contribution in [0.5, 0.6) is 0 Å². The zero-order valence-electron chi connectivity index (χ0n) is 21.3. The molecule has 192 valence electrons. The Labute approximate surface area is 217 Å². The van der Waals surface area contributed by atoms with Crippen LogP contribution in [0.3, 0.4) is 0 Å². The van der Waals surface area contributed by atoms with E-state index in [2.05, 4.69) is 26.3 Å². The van der Waals surface area contributed by atoms with Gasteiger partial charge in [0.2, 0.25) is 5.95 Å². The van der Waals surface area contributed by atoms with E-state index >= 15 is 0 Å². The van der Waals surface area contributed by atoms with Gasteiger partial charge in [-0.05, 0) is 52.0 Å². The van der Waals surface area contributed by atoms with Crippen molar-refractivity contribution in [3.63, 3.8) is 0 Å². The Hall–Kier alpha value is -2.84. The van der Waals surface area contributed by atoms with Crippen molar-refractivity contribution in [3.8, 4) is 11.3 Å². The number of rotatable bonds is 5. The van der Waals surface area contributed by atoms with Gasteiger partial charge in [0.25, 0.3) is 0 Å². The molecule has 2 aliphatic heterocycles. The topological polar surface area (TPSA) is 86.4 Å². The summed E-state index contributed by atoms with van der Waals surface area (Å²) in [6, 6.07) is 8.43. The normalized spacial score (nSPS) is 19.7. The first-order valence-electron chi connectivity index (χ1n) is 12.8. The molecule has 2 N–H and O–H groups in total. The molecule has 0 radical (unpaired) electrons. The standard InChI is InChI=1S/C27H35ClN6O2/c1-27(2,3)36-26(35)34-12-8-18(9-13-34)16-33-11-10-19(17-33)31-25-30-15-22(28)24(32-25)21-14-29-23-7-5-4-6-20(21)23/h4-7,14-15,18-19,29H,8-13,16-17H2,1-3H3,(H,30,31,32). The number of hydrogen-bond acceptors (Lipinski definition) is 6. The van der Waals surface area contributed by atoms with Crippen molar-refractivity contribution in [3.05, 3.63) is 41.7 Å². The second kappa shape index (κ2) is 10.3. The molecule has 9 heteroatoms. The summed E-state index contributed by atoms with van der Waals surface area (Å²) in [4.78, 5) is 29.2. The molecule has 0 saturated carbocycles. The van der Waals surface area contributed by atoms with Crippen LogP contribution in [-0.4, -0.2) is 75.2 Å². The van der Waals surface area contributed by atoms with Gasteiger partial charge in [0.05, 0.1) is 16.9 Å². The van der Waals surface area contributed by atoms with Gasteiger partial charge in [0.15, 0.2) is 0 Å². The fraction of sp³-hybridized carbons (Fsp3) is 0.519. The number of anilines is 1. The maximum atomic E-state index is 12.3. The quantitative estimate of drug-likeness (QED) is 0.477. The molecule has 2 aromatic heterocycles. The molecule has 1 aromatic carbocycles. The van der Waals surface area contributed by atoms with Crippen LogP contribution in [0, 0.1) is 5.92 Å². The summed E-state index contributed by atoms with van der Waals surface area (Å²) < 4.78 is 5.52. The Bertz CT molecular complexity index is 1210. The fourth-order valence-electron chi connectivity index (χ4n) is 5.18. The van der Waals surface area contributed by atoms with Gasteiger partial charge in [0, 0.05) is 61.4 Å². The number of amides is 1. The molecule has 2 aliphatic rings. The Morgan fingerprint density at radius 1 is 1.19 bits per heavy atom. The van der Waals surface area contributed by atoms with Gasteiger partial charge in [-0.2, -0.15) is 0 Å². The van der Waals surface area contributed by atoms with E-state index in [9.17, 15) is 4.79 Å². The number of halogens is 1. The maximum Gasteiger partial charge on any atom is 0.410 e. The lowest BCUT2D eigenvalue weighted by atomic mass is 9.96. The number of nitrogens with one attached hydrogen (secondary N) is 2. The minimum Gasteiger partial charge on any atom is -0.444 e. The molecule has 1 unspecified atom stereocenters. The zero-order chi connectivity index (χ0) is 25.3. The highest BCUT2D eigenvalue weighted by atomic mass is 35.5. The molecular weight excluding hydrogens is 476 g/mol. The van der Waals surface area contributed by atoms with Gasteiger partial charge >= 0.3 is 6.09 Å². The van der Waals surface area contributed by atoms with Crippen molar-refractivity contribution in [2.45, 2.75) is 51.7 Å². The second-order valence-electron chi connectivity index (χ2n) is 10.9. The third-order valence-electron chi connectivity index (χ3n) is 6.98. The predicted molar refractivity (Wildman–Crippen MR) is 143 cm³/mol. The Morgan fingerprint density at radius 3 is 2.75 bits per heavy atom. The molecule has 3 aromatic rings. The minimum absolute atomic E-state index is 0.193. The molecule has 0 bridgehead atoms. The highest BCUT2D eigenvalue weighted by Gasteiger charge is 2.30. The summed E-state index contributed by atoms with van der Waals surface area (Å²) in [5.74, 6) is 1.21. The van der Waals surface area contributed by atoms with E-state index in [-0.39, 0.29) is 6.09 Å². The molecule has 2 saturated heterocycles. The lowest BCUT2D eigenvalue weighted by Gasteiger charge is -2.34. The molecule has 1 amide bonds. The number of aromatic amines is 1. The van der Waals surface area contributed by atoms with E-state index in [4.69, 9.17) is 21.3 Å². The number of H-pyrrole nitrogens is 1. The molecule has 2 fully saturated rings. The smallest absolute Gasteiger partial charge is 0.410 e. The Kier molecular flexibility index (Phi) is 7.08. The lowest BCUT2D eigenvalue weighted by molar-refractivity contribution is 0.0172. The number of carbonyl (C=O) groups is 1. The number of benzene rings is 1. The molecule has 0 spiro atoms. The predicted octanol–water partition coefficient (Wildman–Crippen LogP) is 5.41. The van der Waals surface area contributed by atoms with Gasteiger partial charge in [0.1, 0.15) is 5.60 Å². The van der Waals surface area contributed by atoms with E-state index in [1.165, 1.54) is 0 Å². The van der Waals surface area contributed by atoms with Crippen molar-refractivity contribution >= 4 is 34.5 Å². The summed E-state index contributed by atoms with van der Waals surface area (Å²) in [6.45, 7) is 10.3. The number of fused-ring (bicyclic) bond motifs is 1. The van der Waals surface area contributed by atoms with Crippen LogP contribution in [0.25, 0.3) is 22.2 Å². The van der Waals surface area contributed by atoms with Crippen LogP contribution < -0.4 is 5.32 Å². The Morgan fingerprint density at radius 2 is 1.97 bits per heavy atom. The maximum absolute atomic E-state index is 12.3. The molecular formula is C27H35ClN6O2. The van der Waals surface area contributed by atoms with Crippen molar-refractivity contribution in [2.24, 2.45) is 5.92 Å². The van der Waals surface area contributed by atoms with Crippen molar-refractivity contribution < 1.29 is 9.53 Å². The minimum atomic E-state index is -0.449. The summed E-state index contributed by atoms with van der Waals surface area (Å²) in [7, 11) is 0. The first kappa shape index (κ1) is 24.8. The largest absolute Gasteiger partial charge is 0.444 e. The average molecular weight is 511 g/mol. The van der Waals surface area contributed by atoms with Gasteiger partial charge in [-0.25, -0.2) is 14.8 Å². The number of nitrogens with zero attached hydrogens (tertiary/aromatic N) is 4. The molecule has 8 nitrogen and oxygen atoms in total. The van der Waals surface area contributed by atoms with E-state index in [1.807, 2.05) is 50.1 Å². The monoisotopic (exact) mass is 510 g/mol. The SMILES string of the molecule is CC(C)(C)OC(=O)N1CCC(CN2CCC(Nc3ncc(Cl)c(-c4c[nH]c5ccccc45)n3)C2)CC1. The van der Waals surface area contributed by atoms with Crippen LogP contribution in [0.2, 0.25) is 5.02 Å². The summed E-state index contributed by atoms with van der Waals surface area (Å²) in [5, 5.41) is 5.16. The molecule has 0 aliphatic carbocycles. The summed E-state index contributed by atoms with van der Waals surface area (Å²) in [5.41, 5.74) is 2.32. The average Bonchev–Trinajstić information content (AvgIpc) is 3.46. The summed E-state index contributed by atoms with van der Waals surface area (Å²) >= 11 is 6.49. The fourth-order valence-corrected chi connectivity index (χ4v) is 5.37. The number of ether oxygens (including phenoxy) is 1. The van der Waals surface area contributed by atoms with Crippen LogP contribution in [0.1, 0.15) is 40.0 Å². The van der Waals surface area contributed by atoms with Crippen molar-refractivity contribution in [2.75, 3.05) is 38.0 Å². The first-order valence-corrected chi connectivity index (χ1v) is 13.2. The van der Waals surface area contributed by atoms with Crippen LogP contribution >= 0.6 is 11.6 Å². The molecule has 36 heavy (non-hydrogen) atoms. The van der Waals surface area contributed by atoms with E-state index < -0.39 is 5.60 Å². The van der Waals surface area contributed by atoms with Crippen LogP contribution in [0.4, 0.5) is 10.7 Å². The number of hydrogen-bond donors (Lipinski definition) is 2. The third-order valence-corrected chi connectivity index (χ3v) is 7.25. The number of carbonyl (C=O) groups excluding carboxylic acids is 1. The van der Waals surface area contributed by atoms with Gasteiger partial charge in [-0.3, -0.25) is 0 Å². The molecule has 4 heterocycles. The van der Waals surface area contributed by atoms with Gasteiger partial charge in [-0.1, -0.05) is 29.8 Å². The number of piperidine rings is 1. The van der Waals surface area contributed by atoms with Gasteiger partial charge in [-0.15, -0.1) is 0 Å². The van der Waals surface area contributed by atoms with E-state index in [0.29, 0.717) is 22.9 Å². The van der Waals surface area contributed by atoms with E-state index in [0.717, 1.165) is 74.1 Å². The van der Waals surface area contributed by atoms with Crippen molar-refractivity contribution in [1.29, 1.82) is 0 Å². The molecule has 1 atom stereocenters. The number of likely N-dealkylation sites (tertiary alicyclic amines) is 2. The van der Waals surface area contributed by atoms with Crippen LogP contribution in [-0.2, 0) is 4.74 Å². The zero-order valence-corrected chi connectivity index (χ0v) is 22.0. The number of aromatic nitrogens is 3.